The van der Waals surface area contributed by atoms with Gasteiger partial charge in [-0.2, -0.15) is 0 Å². The van der Waals surface area contributed by atoms with Gasteiger partial charge in [0.05, 0.1) is 11.5 Å². The quantitative estimate of drug-likeness (QED) is 0.869. The van der Waals surface area contributed by atoms with Crippen LogP contribution in [-0.2, 0) is 4.79 Å². The smallest absolute Gasteiger partial charge is 0.306 e. The highest BCUT2D eigenvalue weighted by molar-refractivity contribution is 9.10. The Morgan fingerprint density at radius 3 is 2.52 bits per heavy atom. The number of carbonyl (C=O) groups excluding carboxylic acids is 1. The van der Waals surface area contributed by atoms with Gasteiger partial charge in [-0.1, -0.05) is 0 Å². The maximum absolute atomic E-state index is 13.0. The molecule has 0 radical (unpaired) electrons. The van der Waals surface area contributed by atoms with Crippen molar-refractivity contribution in [3.8, 4) is 0 Å². The molecular formula is C15H17BrFNO3. The zero-order valence-electron chi connectivity index (χ0n) is 11.4. The van der Waals surface area contributed by atoms with Gasteiger partial charge in [0.25, 0.3) is 5.91 Å². The molecule has 114 valence electrons. The molecule has 1 aliphatic rings. The lowest BCUT2D eigenvalue weighted by atomic mass is 9.82. The van der Waals surface area contributed by atoms with Crippen molar-refractivity contribution >= 4 is 27.8 Å². The summed E-state index contributed by atoms with van der Waals surface area (Å²) in [5, 5.41) is 11.8. The highest BCUT2D eigenvalue weighted by Gasteiger charge is 2.26. The zero-order valence-corrected chi connectivity index (χ0v) is 13.0. The molecule has 21 heavy (non-hydrogen) atoms. The van der Waals surface area contributed by atoms with Gasteiger partial charge in [0, 0.05) is 11.0 Å². The minimum Gasteiger partial charge on any atom is -0.481 e. The van der Waals surface area contributed by atoms with Crippen molar-refractivity contribution in [2.24, 2.45) is 11.8 Å². The van der Waals surface area contributed by atoms with Crippen LogP contribution in [0, 0.1) is 17.7 Å². The molecule has 0 unspecified atom stereocenters. The average molecular weight is 358 g/mol. The van der Waals surface area contributed by atoms with Crippen molar-refractivity contribution in [3.63, 3.8) is 0 Å². The van der Waals surface area contributed by atoms with Gasteiger partial charge < -0.3 is 10.4 Å². The molecule has 4 nitrogen and oxygen atoms in total. The summed E-state index contributed by atoms with van der Waals surface area (Å²) in [7, 11) is 0. The minimum atomic E-state index is -0.729. The van der Waals surface area contributed by atoms with E-state index in [1.165, 1.54) is 18.2 Å². The first-order valence-corrected chi connectivity index (χ1v) is 7.72. The SMILES string of the molecule is O=C(NCC1CCC(C(=O)O)CC1)c1ccc(F)cc1Br. The topological polar surface area (TPSA) is 66.4 Å². The third-order valence-corrected chi connectivity index (χ3v) is 4.58. The molecule has 1 aliphatic carbocycles. The molecule has 0 aliphatic heterocycles. The van der Waals surface area contributed by atoms with Crippen molar-refractivity contribution in [1.29, 1.82) is 0 Å². The van der Waals surface area contributed by atoms with Crippen molar-refractivity contribution in [1.82, 2.24) is 5.32 Å². The van der Waals surface area contributed by atoms with E-state index in [4.69, 9.17) is 5.11 Å². The van der Waals surface area contributed by atoms with Crippen LogP contribution in [0.15, 0.2) is 22.7 Å². The average Bonchev–Trinajstić information content (AvgIpc) is 2.45. The molecule has 1 aromatic rings. The Hall–Kier alpha value is -1.43. The summed E-state index contributed by atoms with van der Waals surface area (Å²) in [6.07, 6.45) is 2.94. The van der Waals surface area contributed by atoms with Crippen molar-refractivity contribution < 1.29 is 19.1 Å². The van der Waals surface area contributed by atoms with Gasteiger partial charge in [-0.15, -0.1) is 0 Å². The van der Waals surface area contributed by atoms with Gasteiger partial charge in [0.2, 0.25) is 0 Å². The van der Waals surface area contributed by atoms with E-state index in [0.717, 1.165) is 12.8 Å². The molecule has 1 aromatic carbocycles. The monoisotopic (exact) mass is 357 g/mol. The summed E-state index contributed by atoms with van der Waals surface area (Å²) in [5.74, 6) is -1.31. The largest absolute Gasteiger partial charge is 0.481 e. The standard InChI is InChI=1S/C15H17BrFNO3/c16-13-7-11(17)5-6-12(13)14(19)18-8-9-1-3-10(4-2-9)15(20)21/h5-7,9-10H,1-4,8H2,(H,18,19)(H,20,21). The van der Waals surface area contributed by atoms with Crippen LogP contribution >= 0.6 is 15.9 Å². The summed E-state index contributed by atoms with van der Waals surface area (Å²) < 4.78 is 13.4. The Balaban J connectivity index is 1.83. The van der Waals surface area contributed by atoms with E-state index in [9.17, 15) is 14.0 Å². The second-order valence-electron chi connectivity index (χ2n) is 5.39. The summed E-state index contributed by atoms with van der Waals surface area (Å²) in [6.45, 7) is 0.523. The van der Waals surface area contributed by atoms with Crippen molar-refractivity contribution in [2.75, 3.05) is 6.54 Å². The van der Waals surface area contributed by atoms with Crippen LogP contribution in [-0.4, -0.2) is 23.5 Å². The predicted octanol–water partition coefficient (Wildman–Crippen LogP) is 3.21. The molecule has 2 N–H and O–H groups in total. The number of hydrogen-bond donors (Lipinski definition) is 2. The number of aliphatic carboxylic acids is 1. The molecule has 1 fully saturated rings. The third kappa shape index (κ3) is 4.27. The van der Waals surface area contributed by atoms with Gasteiger partial charge >= 0.3 is 5.97 Å². The summed E-state index contributed by atoms with van der Waals surface area (Å²) in [6, 6.07) is 3.95. The van der Waals surface area contributed by atoms with E-state index >= 15 is 0 Å². The first-order chi connectivity index (χ1) is 9.97. The van der Waals surface area contributed by atoms with Gasteiger partial charge in [-0.05, 0) is 65.7 Å². The van der Waals surface area contributed by atoms with Crippen LogP contribution in [0.1, 0.15) is 36.0 Å². The lowest BCUT2D eigenvalue weighted by Gasteiger charge is -2.26. The Morgan fingerprint density at radius 2 is 1.95 bits per heavy atom. The zero-order chi connectivity index (χ0) is 15.4. The molecule has 0 bridgehead atoms. The fourth-order valence-corrected chi connectivity index (χ4v) is 3.15. The number of carboxylic acids is 1. The Labute approximate surface area is 130 Å². The fourth-order valence-electron chi connectivity index (χ4n) is 2.62. The van der Waals surface area contributed by atoms with Crippen LogP contribution in [0.3, 0.4) is 0 Å². The number of halogens is 2. The maximum Gasteiger partial charge on any atom is 0.306 e. The lowest BCUT2D eigenvalue weighted by molar-refractivity contribution is -0.143. The summed E-state index contributed by atoms with van der Waals surface area (Å²) in [4.78, 5) is 22.9. The number of nitrogens with one attached hydrogen (secondary N) is 1. The number of amides is 1. The molecule has 0 heterocycles. The number of carbonyl (C=O) groups is 2. The minimum absolute atomic E-state index is 0.247. The van der Waals surface area contributed by atoms with E-state index in [1.54, 1.807) is 0 Å². The van der Waals surface area contributed by atoms with Crippen molar-refractivity contribution in [2.45, 2.75) is 25.7 Å². The molecule has 1 saturated carbocycles. The van der Waals surface area contributed by atoms with Crippen LogP contribution in [0.2, 0.25) is 0 Å². The van der Waals surface area contributed by atoms with Gasteiger partial charge in [0.1, 0.15) is 5.82 Å². The lowest BCUT2D eigenvalue weighted by Crippen LogP contribution is -2.32. The van der Waals surface area contributed by atoms with Crippen LogP contribution in [0.4, 0.5) is 4.39 Å². The highest BCUT2D eigenvalue weighted by Crippen LogP contribution is 2.28. The molecule has 0 spiro atoms. The van der Waals surface area contributed by atoms with E-state index in [0.29, 0.717) is 35.3 Å². The van der Waals surface area contributed by atoms with Gasteiger partial charge in [0.15, 0.2) is 0 Å². The summed E-state index contributed by atoms with van der Waals surface area (Å²) in [5.41, 5.74) is 0.399. The van der Waals surface area contributed by atoms with E-state index in [-0.39, 0.29) is 11.8 Å². The number of carboxylic acid groups (broad SMARTS) is 1. The molecular weight excluding hydrogens is 341 g/mol. The normalized spacial score (nSPS) is 21.8. The van der Waals surface area contributed by atoms with E-state index in [2.05, 4.69) is 21.2 Å². The van der Waals surface area contributed by atoms with Crippen LogP contribution in [0.25, 0.3) is 0 Å². The van der Waals surface area contributed by atoms with Crippen molar-refractivity contribution in [3.05, 3.63) is 34.1 Å². The number of rotatable bonds is 4. The first-order valence-electron chi connectivity index (χ1n) is 6.93. The van der Waals surface area contributed by atoms with Gasteiger partial charge in [-0.25, -0.2) is 4.39 Å². The first kappa shape index (κ1) is 15.9. The third-order valence-electron chi connectivity index (χ3n) is 3.92. The van der Waals surface area contributed by atoms with E-state index < -0.39 is 11.8 Å². The maximum atomic E-state index is 13.0. The fraction of sp³-hybridized carbons (Fsp3) is 0.467. The molecule has 6 heteroatoms. The molecule has 2 rings (SSSR count). The van der Waals surface area contributed by atoms with Crippen LogP contribution in [0.5, 0.6) is 0 Å². The molecule has 1 amide bonds. The highest BCUT2D eigenvalue weighted by atomic mass is 79.9. The van der Waals surface area contributed by atoms with Crippen LogP contribution < -0.4 is 5.32 Å². The number of hydrogen-bond acceptors (Lipinski definition) is 2. The summed E-state index contributed by atoms with van der Waals surface area (Å²) >= 11 is 3.17. The Morgan fingerprint density at radius 1 is 1.29 bits per heavy atom. The molecule has 0 atom stereocenters. The Kier molecular flexibility index (Phi) is 5.33. The molecule has 0 saturated heterocycles. The molecule has 0 aromatic heterocycles. The predicted molar refractivity (Wildman–Crippen MR) is 79.5 cm³/mol. The van der Waals surface area contributed by atoms with Gasteiger partial charge in [-0.3, -0.25) is 9.59 Å². The van der Waals surface area contributed by atoms with E-state index in [1.807, 2.05) is 0 Å². The second kappa shape index (κ2) is 7.02. The number of benzene rings is 1. The Bertz CT molecular complexity index is 542. The second-order valence-corrected chi connectivity index (χ2v) is 6.24.